The number of carbonyl (C=O) groups excluding carboxylic acids is 1. The van der Waals surface area contributed by atoms with Gasteiger partial charge in [0.05, 0.1) is 0 Å². The molecule has 1 aliphatic rings. The van der Waals surface area contributed by atoms with Crippen LogP contribution >= 0.6 is 0 Å². The highest BCUT2D eigenvalue weighted by atomic mass is 19.1. The monoisotopic (exact) mass is 278 g/mol. The molecule has 0 aliphatic heterocycles. The smallest absolute Gasteiger partial charge is 0.224 e. The Bertz CT molecular complexity index is 454. The Morgan fingerprint density at radius 2 is 2.00 bits per heavy atom. The Morgan fingerprint density at radius 1 is 1.35 bits per heavy atom. The van der Waals surface area contributed by atoms with Gasteiger partial charge in [0, 0.05) is 24.4 Å². The van der Waals surface area contributed by atoms with Crippen LogP contribution in [0.1, 0.15) is 31.7 Å². The minimum atomic E-state index is -0.213. The molecule has 1 fully saturated rings. The first kappa shape index (κ1) is 15.0. The SMILES string of the molecule is CNCC(C)C(=O)NCC1(c2ccc(F)cc2)CCC1. The zero-order valence-electron chi connectivity index (χ0n) is 12.2. The van der Waals surface area contributed by atoms with Gasteiger partial charge in [-0.2, -0.15) is 0 Å². The second kappa shape index (κ2) is 6.35. The van der Waals surface area contributed by atoms with Crippen LogP contribution in [0.4, 0.5) is 4.39 Å². The van der Waals surface area contributed by atoms with Crippen LogP contribution in [0.2, 0.25) is 0 Å². The third-order valence-electron chi connectivity index (χ3n) is 4.33. The lowest BCUT2D eigenvalue weighted by molar-refractivity contribution is -0.124. The van der Waals surface area contributed by atoms with E-state index in [1.807, 2.05) is 26.1 Å². The van der Waals surface area contributed by atoms with Gasteiger partial charge < -0.3 is 10.6 Å². The Kier molecular flexibility index (Phi) is 4.76. The van der Waals surface area contributed by atoms with Crippen molar-refractivity contribution in [1.29, 1.82) is 0 Å². The molecular formula is C16H23FN2O. The molecule has 2 N–H and O–H groups in total. The molecule has 0 aromatic heterocycles. The van der Waals surface area contributed by atoms with Gasteiger partial charge in [0.25, 0.3) is 0 Å². The zero-order chi connectivity index (χ0) is 14.6. The van der Waals surface area contributed by atoms with Gasteiger partial charge in [-0.3, -0.25) is 4.79 Å². The first-order valence-corrected chi connectivity index (χ1v) is 7.26. The van der Waals surface area contributed by atoms with Gasteiger partial charge in [0.15, 0.2) is 0 Å². The number of hydrogen-bond acceptors (Lipinski definition) is 2. The predicted molar refractivity (Wildman–Crippen MR) is 78.0 cm³/mol. The van der Waals surface area contributed by atoms with Crippen molar-refractivity contribution in [3.05, 3.63) is 35.6 Å². The van der Waals surface area contributed by atoms with E-state index in [4.69, 9.17) is 0 Å². The van der Waals surface area contributed by atoms with Gasteiger partial charge in [-0.25, -0.2) is 4.39 Å². The van der Waals surface area contributed by atoms with Crippen LogP contribution in [0, 0.1) is 11.7 Å². The number of rotatable bonds is 6. The van der Waals surface area contributed by atoms with Crippen molar-refractivity contribution in [2.75, 3.05) is 20.1 Å². The molecule has 110 valence electrons. The average Bonchev–Trinajstić information content (AvgIpc) is 2.39. The lowest BCUT2D eigenvalue weighted by atomic mass is 9.64. The summed E-state index contributed by atoms with van der Waals surface area (Å²) in [5.74, 6) is -0.173. The van der Waals surface area contributed by atoms with Crippen LogP contribution in [-0.4, -0.2) is 26.0 Å². The Balaban J connectivity index is 1.98. The van der Waals surface area contributed by atoms with E-state index >= 15 is 0 Å². The fraction of sp³-hybridized carbons (Fsp3) is 0.562. The van der Waals surface area contributed by atoms with Crippen LogP contribution < -0.4 is 10.6 Å². The van der Waals surface area contributed by atoms with E-state index in [2.05, 4.69) is 10.6 Å². The fourth-order valence-electron chi connectivity index (χ4n) is 2.80. The van der Waals surface area contributed by atoms with Crippen LogP contribution in [0.3, 0.4) is 0 Å². The lowest BCUT2D eigenvalue weighted by Crippen LogP contribution is -2.47. The molecule has 1 aromatic carbocycles. The van der Waals surface area contributed by atoms with E-state index in [-0.39, 0.29) is 23.1 Å². The molecule has 1 atom stereocenters. The highest BCUT2D eigenvalue weighted by Gasteiger charge is 2.39. The van der Waals surface area contributed by atoms with E-state index in [9.17, 15) is 9.18 Å². The van der Waals surface area contributed by atoms with Gasteiger partial charge in [0.1, 0.15) is 5.82 Å². The van der Waals surface area contributed by atoms with Crippen molar-refractivity contribution in [2.24, 2.45) is 5.92 Å². The molecule has 0 bridgehead atoms. The Morgan fingerprint density at radius 3 is 2.50 bits per heavy atom. The summed E-state index contributed by atoms with van der Waals surface area (Å²) in [5.41, 5.74) is 1.13. The van der Waals surface area contributed by atoms with Crippen LogP contribution in [0.15, 0.2) is 24.3 Å². The highest BCUT2D eigenvalue weighted by Crippen LogP contribution is 2.43. The lowest BCUT2D eigenvalue weighted by Gasteiger charge is -2.42. The molecular weight excluding hydrogens is 255 g/mol. The van der Waals surface area contributed by atoms with Crippen LogP contribution in [0.25, 0.3) is 0 Å². The molecule has 1 saturated carbocycles. The Labute approximate surface area is 120 Å². The average molecular weight is 278 g/mol. The van der Waals surface area contributed by atoms with Gasteiger partial charge in [-0.15, -0.1) is 0 Å². The molecule has 2 rings (SSSR count). The van der Waals surface area contributed by atoms with Crippen molar-refractivity contribution in [1.82, 2.24) is 10.6 Å². The highest BCUT2D eigenvalue weighted by molar-refractivity contribution is 5.78. The van der Waals surface area contributed by atoms with E-state index in [0.717, 1.165) is 18.4 Å². The van der Waals surface area contributed by atoms with E-state index in [1.54, 1.807) is 0 Å². The van der Waals surface area contributed by atoms with Crippen LogP contribution in [0.5, 0.6) is 0 Å². The maximum Gasteiger partial charge on any atom is 0.224 e. The van der Waals surface area contributed by atoms with Gasteiger partial charge in [0.2, 0.25) is 5.91 Å². The molecule has 20 heavy (non-hydrogen) atoms. The summed E-state index contributed by atoms with van der Waals surface area (Å²) < 4.78 is 13.0. The maximum absolute atomic E-state index is 13.0. The molecule has 1 aliphatic carbocycles. The number of amides is 1. The predicted octanol–water partition coefficient (Wildman–Crippen LogP) is 2.22. The molecule has 1 amide bonds. The summed E-state index contributed by atoms with van der Waals surface area (Å²) in [6.07, 6.45) is 3.28. The van der Waals surface area contributed by atoms with Gasteiger partial charge in [-0.05, 0) is 37.6 Å². The molecule has 0 saturated heterocycles. The third-order valence-corrected chi connectivity index (χ3v) is 4.33. The Hall–Kier alpha value is -1.42. The molecule has 1 aromatic rings. The minimum absolute atomic E-state index is 0.00270. The fourth-order valence-corrected chi connectivity index (χ4v) is 2.80. The summed E-state index contributed by atoms with van der Waals surface area (Å²) in [5, 5.41) is 6.06. The number of benzene rings is 1. The van der Waals surface area contributed by atoms with Crippen molar-refractivity contribution in [2.45, 2.75) is 31.6 Å². The quantitative estimate of drug-likeness (QED) is 0.838. The van der Waals surface area contributed by atoms with E-state index < -0.39 is 0 Å². The van der Waals surface area contributed by atoms with E-state index in [0.29, 0.717) is 13.1 Å². The number of hydrogen-bond donors (Lipinski definition) is 2. The normalized spacial score (nSPS) is 18.1. The largest absolute Gasteiger partial charge is 0.355 e. The third kappa shape index (κ3) is 3.18. The minimum Gasteiger partial charge on any atom is -0.355 e. The summed E-state index contributed by atoms with van der Waals surface area (Å²) in [4.78, 5) is 12.0. The number of carbonyl (C=O) groups is 1. The standard InChI is InChI=1S/C16H23FN2O/c1-12(10-18-2)15(20)19-11-16(8-3-9-16)13-4-6-14(17)7-5-13/h4-7,12,18H,3,8-11H2,1-2H3,(H,19,20). The molecule has 0 heterocycles. The van der Waals surface area contributed by atoms with E-state index in [1.165, 1.54) is 18.6 Å². The molecule has 3 nitrogen and oxygen atoms in total. The summed E-state index contributed by atoms with van der Waals surface area (Å²) >= 11 is 0. The summed E-state index contributed by atoms with van der Waals surface area (Å²) in [7, 11) is 1.84. The van der Waals surface area contributed by atoms with Crippen molar-refractivity contribution in [3.63, 3.8) is 0 Å². The van der Waals surface area contributed by atoms with Crippen molar-refractivity contribution in [3.8, 4) is 0 Å². The second-order valence-corrected chi connectivity index (χ2v) is 5.82. The summed E-state index contributed by atoms with van der Waals surface area (Å²) in [6, 6.07) is 6.69. The number of nitrogens with one attached hydrogen (secondary N) is 2. The first-order chi connectivity index (χ1) is 9.57. The number of halogens is 1. The second-order valence-electron chi connectivity index (χ2n) is 5.82. The molecule has 0 radical (unpaired) electrons. The molecule has 0 spiro atoms. The van der Waals surface area contributed by atoms with Crippen molar-refractivity contribution < 1.29 is 9.18 Å². The molecule has 4 heteroatoms. The first-order valence-electron chi connectivity index (χ1n) is 7.26. The summed E-state index contributed by atoms with van der Waals surface area (Å²) in [6.45, 7) is 3.23. The van der Waals surface area contributed by atoms with Gasteiger partial charge in [-0.1, -0.05) is 25.5 Å². The maximum atomic E-state index is 13.0. The molecule has 1 unspecified atom stereocenters. The topological polar surface area (TPSA) is 41.1 Å². The van der Waals surface area contributed by atoms with Crippen molar-refractivity contribution >= 4 is 5.91 Å². The zero-order valence-corrected chi connectivity index (χ0v) is 12.2. The van der Waals surface area contributed by atoms with Gasteiger partial charge >= 0.3 is 0 Å². The van der Waals surface area contributed by atoms with Crippen LogP contribution in [-0.2, 0) is 10.2 Å².